The minimum Gasteiger partial charge on any atom is -0.460 e. The smallest absolute Gasteiger partial charge is 0.312 e. The number of aliphatic hydroxyl groups is 1. The number of esters is 1. The van der Waals surface area contributed by atoms with Gasteiger partial charge >= 0.3 is 5.97 Å². The third-order valence-corrected chi connectivity index (χ3v) is 2.84. The molecule has 106 valence electrons. The van der Waals surface area contributed by atoms with Crippen LogP contribution in [0, 0.1) is 19.8 Å². The van der Waals surface area contributed by atoms with E-state index in [0.717, 1.165) is 16.7 Å². The van der Waals surface area contributed by atoms with Gasteiger partial charge in [0, 0.05) is 0 Å². The average molecular weight is 264 g/mol. The molecule has 1 aromatic carbocycles. The number of rotatable bonds is 3. The highest BCUT2D eigenvalue weighted by Crippen LogP contribution is 2.26. The Morgan fingerprint density at radius 3 is 2.05 bits per heavy atom. The number of carbonyl (C=O) groups excluding carboxylic acids is 1. The van der Waals surface area contributed by atoms with Gasteiger partial charge in [-0.25, -0.2) is 0 Å². The summed E-state index contributed by atoms with van der Waals surface area (Å²) >= 11 is 0. The summed E-state index contributed by atoms with van der Waals surface area (Å²) in [6.45, 7) is 11.1. The highest BCUT2D eigenvalue weighted by molar-refractivity contribution is 5.73. The van der Waals surface area contributed by atoms with Gasteiger partial charge in [-0.05, 0) is 47.1 Å². The topological polar surface area (TPSA) is 46.5 Å². The first-order valence-electron chi connectivity index (χ1n) is 6.59. The van der Waals surface area contributed by atoms with E-state index in [1.807, 2.05) is 52.8 Å². The van der Waals surface area contributed by atoms with Crippen molar-refractivity contribution in [2.75, 3.05) is 0 Å². The van der Waals surface area contributed by atoms with Crippen molar-refractivity contribution in [1.82, 2.24) is 0 Å². The molecular formula is C16H24O3. The maximum Gasteiger partial charge on any atom is 0.312 e. The molecule has 0 bridgehead atoms. The van der Waals surface area contributed by atoms with E-state index < -0.39 is 17.6 Å². The van der Waals surface area contributed by atoms with Gasteiger partial charge in [-0.1, -0.05) is 29.3 Å². The molecule has 0 radical (unpaired) electrons. The van der Waals surface area contributed by atoms with E-state index in [2.05, 4.69) is 0 Å². The second-order valence-electron chi connectivity index (χ2n) is 6.19. The lowest BCUT2D eigenvalue weighted by atomic mass is 9.94. The predicted molar refractivity (Wildman–Crippen MR) is 75.9 cm³/mol. The predicted octanol–water partition coefficient (Wildman–Crippen LogP) is 3.31. The van der Waals surface area contributed by atoms with Crippen LogP contribution in [0.15, 0.2) is 18.2 Å². The number of aryl methyl sites for hydroxylation is 2. The molecule has 0 amide bonds. The SMILES string of the molecule is Cc1cc(C)cc(C(O)C(C)C(=O)OC(C)(C)C)c1. The van der Waals surface area contributed by atoms with E-state index in [0.29, 0.717) is 0 Å². The van der Waals surface area contributed by atoms with Gasteiger partial charge in [0.25, 0.3) is 0 Å². The minimum absolute atomic E-state index is 0.376. The number of carbonyl (C=O) groups is 1. The number of ether oxygens (including phenoxy) is 1. The van der Waals surface area contributed by atoms with E-state index in [1.54, 1.807) is 6.92 Å². The number of hydrogen-bond acceptors (Lipinski definition) is 3. The molecule has 0 saturated carbocycles. The molecule has 0 aliphatic heterocycles. The summed E-state index contributed by atoms with van der Waals surface area (Å²) in [7, 11) is 0. The molecule has 2 atom stereocenters. The van der Waals surface area contributed by atoms with Crippen LogP contribution in [0.2, 0.25) is 0 Å². The zero-order valence-corrected chi connectivity index (χ0v) is 12.7. The largest absolute Gasteiger partial charge is 0.460 e. The van der Waals surface area contributed by atoms with Crippen LogP contribution in [0.1, 0.15) is 50.5 Å². The molecule has 0 fully saturated rings. The van der Waals surface area contributed by atoms with Crippen molar-refractivity contribution >= 4 is 5.97 Å². The molecule has 0 aromatic heterocycles. The highest BCUT2D eigenvalue weighted by Gasteiger charge is 2.28. The van der Waals surface area contributed by atoms with Crippen LogP contribution in [0.25, 0.3) is 0 Å². The zero-order chi connectivity index (χ0) is 14.8. The van der Waals surface area contributed by atoms with Crippen molar-refractivity contribution in [3.8, 4) is 0 Å². The molecule has 3 heteroatoms. The Morgan fingerprint density at radius 2 is 1.63 bits per heavy atom. The van der Waals surface area contributed by atoms with Crippen molar-refractivity contribution in [2.45, 2.75) is 53.2 Å². The summed E-state index contributed by atoms with van der Waals surface area (Å²) in [5.74, 6) is -0.959. The Bertz CT molecular complexity index is 437. The summed E-state index contributed by atoms with van der Waals surface area (Å²) in [6, 6.07) is 5.84. The van der Waals surface area contributed by atoms with Gasteiger partial charge in [-0.15, -0.1) is 0 Å². The second-order valence-corrected chi connectivity index (χ2v) is 6.19. The van der Waals surface area contributed by atoms with E-state index in [-0.39, 0.29) is 5.97 Å². The molecule has 0 spiro atoms. The van der Waals surface area contributed by atoms with E-state index in [9.17, 15) is 9.90 Å². The molecule has 1 N–H and O–H groups in total. The summed E-state index contributed by atoms with van der Waals surface area (Å²) in [6.07, 6.45) is -0.839. The standard InChI is InChI=1S/C16H24O3/c1-10-7-11(2)9-13(8-10)14(17)12(3)15(18)19-16(4,5)6/h7-9,12,14,17H,1-6H3. The van der Waals surface area contributed by atoms with Crippen LogP contribution in [0.5, 0.6) is 0 Å². The molecule has 0 saturated heterocycles. The normalized spacial score (nSPS) is 14.9. The monoisotopic (exact) mass is 264 g/mol. The fraction of sp³-hybridized carbons (Fsp3) is 0.562. The molecule has 3 nitrogen and oxygen atoms in total. The third kappa shape index (κ3) is 4.67. The second kappa shape index (κ2) is 5.74. The van der Waals surface area contributed by atoms with Gasteiger partial charge in [-0.2, -0.15) is 0 Å². The van der Waals surface area contributed by atoms with Gasteiger partial charge in [0.2, 0.25) is 0 Å². The van der Waals surface area contributed by atoms with Gasteiger partial charge in [0.1, 0.15) is 5.60 Å². The number of hydrogen-bond donors (Lipinski definition) is 1. The van der Waals surface area contributed by atoms with E-state index >= 15 is 0 Å². The Morgan fingerprint density at radius 1 is 1.16 bits per heavy atom. The molecule has 19 heavy (non-hydrogen) atoms. The van der Waals surface area contributed by atoms with E-state index in [1.165, 1.54) is 0 Å². The maximum atomic E-state index is 12.0. The van der Waals surface area contributed by atoms with E-state index in [4.69, 9.17) is 4.74 Å². The lowest BCUT2D eigenvalue weighted by molar-refractivity contribution is -0.163. The van der Waals surface area contributed by atoms with Gasteiger partial charge in [-0.3, -0.25) is 4.79 Å². The van der Waals surface area contributed by atoms with Crippen molar-refractivity contribution in [3.63, 3.8) is 0 Å². The van der Waals surface area contributed by atoms with Crippen molar-refractivity contribution < 1.29 is 14.6 Å². The van der Waals surface area contributed by atoms with Crippen LogP contribution in [0.4, 0.5) is 0 Å². The molecule has 0 aliphatic rings. The maximum absolute atomic E-state index is 12.0. The Hall–Kier alpha value is -1.35. The molecule has 2 unspecified atom stereocenters. The average Bonchev–Trinajstić information content (AvgIpc) is 2.23. The van der Waals surface area contributed by atoms with Crippen LogP contribution in [-0.2, 0) is 9.53 Å². The fourth-order valence-electron chi connectivity index (χ4n) is 1.99. The molecule has 0 aliphatic carbocycles. The first-order chi connectivity index (χ1) is 8.60. The third-order valence-electron chi connectivity index (χ3n) is 2.84. The lowest BCUT2D eigenvalue weighted by Crippen LogP contribution is -2.30. The highest BCUT2D eigenvalue weighted by atomic mass is 16.6. The van der Waals surface area contributed by atoms with Crippen LogP contribution >= 0.6 is 0 Å². The van der Waals surface area contributed by atoms with Crippen LogP contribution in [-0.4, -0.2) is 16.7 Å². The lowest BCUT2D eigenvalue weighted by Gasteiger charge is -2.25. The van der Waals surface area contributed by atoms with Crippen LogP contribution < -0.4 is 0 Å². The first-order valence-corrected chi connectivity index (χ1v) is 6.59. The first kappa shape index (κ1) is 15.7. The molecule has 1 rings (SSSR count). The van der Waals surface area contributed by atoms with Crippen LogP contribution in [0.3, 0.4) is 0 Å². The van der Waals surface area contributed by atoms with Crippen molar-refractivity contribution in [1.29, 1.82) is 0 Å². The minimum atomic E-state index is -0.839. The molecule has 0 heterocycles. The fourth-order valence-corrected chi connectivity index (χ4v) is 1.99. The Balaban J connectivity index is 2.87. The zero-order valence-electron chi connectivity index (χ0n) is 12.7. The van der Waals surface area contributed by atoms with Gasteiger partial charge < -0.3 is 9.84 Å². The number of benzene rings is 1. The van der Waals surface area contributed by atoms with Crippen molar-refractivity contribution in [3.05, 3.63) is 34.9 Å². The Kier molecular flexibility index (Phi) is 4.75. The molecular weight excluding hydrogens is 240 g/mol. The molecule has 1 aromatic rings. The number of aliphatic hydroxyl groups excluding tert-OH is 1. The quantitative estimate of drug-likeness (QED) is 0.852. The summed E-state index contributed by atoms with van der Waals surface area (Å²) < 4.78 is 5.30. The summed E-state index contributed by atoms with van der Waals surface area (Å²) in [4.78, 5) is 12.0. The van der Waals surface area contributed by atoms with Gasteiger partial charge in [0.15, 0.2) is 0 Å². The van der Waals surface area contributed by atoms with Crippen molar-refractivity contribution in [2.24, 2.45) is 5.92 Å². The summed E-state index contributed by atoms with van der Waals surface area (Å²) in [5, 5.41) is 10.3. The van der Waals surface area contributed by atoms with Gasteiger partial charge in [0.05, 0.1) is 12.0 Å². The Labute approximate surface area is 115 Å². The summed E-state index contributed by atoms with van der Waals surface area (Å²) in [5.41, 5.74) is 2.37.